The number of aromatic nitrogens is 2. The van der Waals surface area contributed by atoms with Crippen molar-refractivity contribution >= 4 is 49.0 Å². The smallest absolute Gasteiger partial charge is 0.309 e. The fourth-order valence-corrected chi connectivity index (χ4v) is 8.58. The van der Waals surface area contributed by atoms with Gasteiger partial charge in [0.1, 0.15) is 0 Å². The third-order valence-corrected chi connectivity index (χ3v) is 11.0. The second kappa shape index (κ2) is 10.3. The minimum Gasteiger partial charge on any atom is -0.466 e. The summed E-state index contributed by atoms with van der Waals surface area (Å²) in [5.41, 5.74) is 1.38. The molecule has 2 aliphatic rings. The van der Waals surface area contributed by atoms with Gasteiger partial charge in [0.15, 0.2) is 0 Å². The molecule has 3 aromatic rings. The number of carbonyl (C=O) groups is 1. The van der Waals surface area contributed by atoms with Crippen LogP contribution in [0.3, 0.4) is 0 Å². The predicted octanol–water partition coefficient (Wildman–Crippen LogP) is 3.67. The van der Waals surface area contributed by atoms with Crippen molar-refractivity contribution in [3.05, 3.63) is 76.0 Å². The Morgan fingerprint density at radius 2 is 1.61 bits per heavy atom. The van der Waals surface area contributed by atoms with Crippen LogP contribution in [0, 0.1) is 5.92 Å². The maximum Gasteiger partial charge on any atom is 0.309 e. The number of piperidine rings is 1. The molecule has 0 saturated carbocycles. The number of nitrogens with zero attached hydrogens (tertiary/aromatic N) is 2. The van der Waals surface area contributed by atoms with E-state index in [4.69, 9.17) is 27.9 Å². The molecule has 0 amide bonds. The summed E-state index contributed by atoms with van der Waals surface area (Å²) in [6.45, 7) is 1.96. The molecule has 1 N–H and O–H groups in total. The largest absolute Gasteiger partial charge is 0.466 e. The average Bonchev–Trinajstić information content (AvgIpc) is 3.25. The molecule has 0 aliphatic carbocycles. The van der Waals surface area contributed by atoms with Crippen LogP contribution in [0.1, 0.15) is 37.1 Å². The van der Waals surface area contributed by atoms with Crippen LogP contribution in [0.5, 0.6) is 0 Å². The lowest BCUT2D eigenvalue weighted by atomic mass is 9.79. The van der Waals surface area contributed by atoms with Crippen molar-refractivity contribution in [3.8, 4) is 0 Å². The highest BCUT2D eigenvalue weighted by Crippen LogP contribution is 2.46. The molecule has 2 bridgehead atoms. The lowest BCUT2D eigenvalue weighted by molar-refractivity contribution is -0.732. The van der Waals surface area contributed by atoms with Gasteiger partial charge in [-0.25, -0.2) is 16.8 Å². The molecule has 13 heteroatoms. The number of rotatable bonds is 7. The lowest BCUT2D eigenvalue weighted by Crippen LogP contribution is -2.52. The first kappa shape index (κ1) is 27.1. The number of carbonyl (C=O) groups excluding carboxylic acids is 1. The number of hydrogen-bond acceptors (Lipinski definition) is 6. The Morgan fingerprint density at radius 1 is 1.00 bits per heavy atom. The van der Waals surface area contributed by atoms with Crippen molar-refractivity contribution < 1.29 is 31.0 Å². The molecule has 1 fully saturated rings. The summed E-state index contributed by atoms with van der Waals surface area (Å²) < 4.78 is 61.9. The lowest BCUT2D eigenvalue weighted by Gasteiger charge is -2.45. The van der Waals surface area contributed by atoms with Crippen molar-refractivity contribution in [2.24, 2.45) is 5.92 Å². The van der Waals surface area contributed by atoms with Crippen LogP contribution in [-0.4, -0.2) is 44.9 Å². The van der Waals surface area contributed by atoms with Gasteiger partial charge in [0, 0.05) is 22.5 Å². The van der Waals surface area contributed by atoms with Gasteiger partial charge in [-0.3, -0.25) is 4.79 Å². The monoisotopic (exact) mass is 598 g/mol. The first-order valence-electron chi connectivity index (χ1n) is 12.0. The Morgan fingerprint density at radius 3 is 2.21 bits per heavy atom. The van der Waals surface area contributed by atoms with Gasteiger partial charge < -0.3 is 4.74 Å². The van der Waals surface area contributed by atoms with E-state index in [1.807, 2.05) is 0 Å². The van der Waals surface area contributed by atoms with E-state index < -0.39 is 37.9 Å². The van der Waals surface area contributed by atoms with Crippen molar-refractivity contribution in [3.63, 3.8) is 0 Å². The Hall–Kier alpha value is -2.44. The van der Waals surface area contributed by atoms with E-state index in [2.05, 4.69) is 5.10 Å². The van der Waals surface area contributed by atoms with Crippen molar-refractivity contribution in [2.75, 3.05) is 6.61 Å². The number of sulfone groups is 1. The maximum absolute atomic E-state index is 13.8. The SMILES string of the molecule is CCOC(=O)C1CC2Cc3[nH][n+](CS(=O)(=O)c4ccc(Cl)cc4)cc3C(C1)N2S(=O)(=O)c1ccc(Cl)cc1. The van der Waals surface area contributed by atoms with Crippen LogP contribution < -0.4 is 4.68 Å². The number of halogens is 2. The summed E-state index contributed by atoms with van der Waals surface area (Å²) in [6.07, 6.45) is 2.44. The zero-order valence-electron chi connectivity index (χ0n) is 20.4. The van der Waals surface area contributed by atoms with Gasteiger partial charge in [0.25, 0.3) is 5.88 Å². The van der Waals surface area contributed by atoms with Crippen LogP contribution in [0.15, 0.2) is 64.5 Å². The van der Waals surface area contributed by atoms with E-state index in [-0.39, 0.29) is 34.7 Å². The van der Waals surface area contributed by atoms with E-state index >= 15 is 0 Å². The van der Waals surface area contributed by atoms with Gasteiger partial charge in [0.05, 0.1) is 39.6 Å². The number of esters is 1. The van der Waals surface area contributed by atoms with E-state index in [0.717, 1.165) is 5.69 Å². The molecule has 38 heavy (non-hydrogen) atoms. The Bertz CT molecular complexity index is 1570. The predicted molar refractivity (Wildman–Crippen MR) is 140 cm³/mol. The summed E-state index contributed by atoms with van der Waals surface area (Å²) in [6, 6.07) is 10.7. The summed E-state index contributed by atoms with van der Waals surface area (Å²) in [7, 11) is -7.66. The second-order valence-electron chi connectivity index (χ2n) is 9.43. The Kier molecular flexibility index (Phi) is 7.34. The average molecular weight is 600 g/mol. The third-order valence-electron chi connectivity index (χ3n) is 6.94. The van der Waals surface area contributed by atoms with Crippen LogP contribution >= 0.6 is 23.2 Å². The molecule has 0 radical (unpaired) electrons. The third kappa shape index (κ3) is 5.10. The Balaban J connectivity index is 1.52. The van der Waals surface area contributed by atoms with Crippen LogP contribution in [0.2, 0.25) is 10.0 Å². The standard InChI is InChI=1S/C25H25Cl2N3O6S2/c1-2-36-25(31)16-11-19-13-23-22(14-29(28-23)15-37(32,33)20-7-3-17(26)4-8-20)24(12-16)30(19)38(34,35)21-9-5-18(27)6-10-21/h3-10,14,16,19,24H,2,11-13,15H2,1H3/p+1. The number of benzene rings is 2. The molecule has 3 unspecified atom stereocenters. The van der Waals surface area contributed by atoms with E-state index in [1.165, 1.54) is 57.5 Å². The molecule has 0 spiro atoms. The van der Waals surface area contributed by atoms with Gasteiger partial charge in [0.2, 0.25) is 26.1 Å². The Labute approximate surface area is 231 Å². The number of H-pyrrole nitrogens is 1. The summed E-state index contributed by atoms with van der Waals surface area (Å²) in [5, 5.41) is 3.99. The molecular formula is C25H26Cl2N3O6S2+. The first-order valence-corrected chi connectivity index (χ1v) is 15.9. The minimum atomic E-state index is -3.95. The fourth-order valence-electron chi connectivity index (χ4n) is 5.31. The van der Waals surface area contributed by atoms with Crippen molar-refractivity contribution in [2.45, 2.75) is 53.9 Å². The van der Waals surface area contributed by atoms with Crippen LogP contribution in [0.25, 0.3) is 0 Å². The summed E-state index contributed by atoms with van der Waals surface area (Å²) in [5.74, 6) is -1.20. The minimum absolute atomic E-state index is 0.101. The summed E-state index contributed by atoms with van der Waals surface area (Å²) in [4.78, 5) is 12.9. The molecule has 202 valence electrons. The maximum atomic E-state index is 13.8. The van der Waals surface area contributed by atoms with E-state index in [9.17, 15) is 21.6 Å². The van der Waals surface area contributed by atoms with Gasteiger partial charge in [-0.2, -0.15) is 9.40 Å². The van der Waals surface area contributed by atoms with Crippen molar-refractivity contribution in [1.29, 1.82) is 0 Å². The highest BCUT2D eigenvalue weighted by molar-refractivity contribution is 7.90. The quantitative estimate of drug-likeness (QED) is 0.327. The van der Waals surface area contributed by atoms with E-state index in [1.54, 1.807) is 13.1 Å². The highest BCUT2D eigenvalue weighted by atomic mass is 35.5. The molecule has 1 saturated heterocycles. The van der Waals surface area contributed by atoms with Crippen LogP contribution in [-0.2, 0) is 41.7 Å². The van der Waals surface area contributed by atoms with Gasteiger partial charge >= 0.3 is 5.97 Å². The molecule has 9 nitrogen and oxygen atoms in total. The van der Waals surface area contributed by atoms with Crippen LogP contribution in [0.4, 0.5) is 0 Å². The normalized spacial score (nSPS) is 21.6. The molecule has 5 rings (SSSR count). The molecule has 2 aromatic carbocycles. The molecule has 3 heterocycles. The zero-order chi connectivity index (χ0) is 27.2. The number of hydrogen-bond donors (Lipinski definition) is 1. The first-order chi connectivity index (χ1) is 18.0. The molecule has 3 atom stereocenters. The van der Waals surface area contributed by atoms with Gasteiger partial charge in [-0.05, 0) is 68.3 Å². The fraction of sp³-hybridized carbons (Fsp3) is 0.360. The highest BCUT2D eigenvalue weighted by Gasteiger charge is 2.51. The molecule has 1 aromatic heterocycles. The van der Waals surface area contributed by atoms with E-state index in [0.29, 0.717) is 28.5 Å². The van der Waals surface area contributed by atoms with Gasteiger partial charge in [-0.15, -0.1) is 4.68 Å². The topological polar surface area (TPSA) is 117 Å². The summed E-state index contributed by atoms with van der Waals surface area (Å²) >= 11 is 11.9. The number of sulfonamides is 1. The van der Waals surface area contributed by atoms with Gasteiger partial charge in [-0.1, -0.05) is 23.2 Å². The second-order valence-corrected chi connectivity index (χ2v) is 14.1. The zero-order valence-corrected chi connectivity index (χ0v) is 23.5. The molecule has 2 aliphatic heterocycles. The number of nitrogens with one attached hydrogen (secondary N) is 1. The number of aromatic amines is 1. The number of ether oxygens (including phenoxy) is 1. The number of fused-ring (bicyclic) bond motifs is 4. The van der Waals surface area contributed by atoms with Crippen molar-refractivity contribution in [1.82, 2.24) is 9.40 Å². The molecular weight excluding hydrogens is 573 g/mol.